The van der Waals surface area contributed by atoms with Gasteiger partial charge in [0.25, 0.3) is 0 Å². The number of hydrogen-bond acceptors (Lipinski definition) is 7. The van der Waals surface area contributed by atoms with E-state index in [0.29, 0.717) is 24.3 Å². The van der Waals surface area contributed by atoms with Crippen LogP contribution in [0.1, 0.15) is 42.7 Å². The van der Waals surface area contributed by atoms with Crippen molar-refractivity contribution in [3.8, 4) is 0 Å². The smallest absolute Gasteiger partial charge is 0.164 e. The molecule has 0 amide bonds. The van der Waals surface area contributed by atoms with E-state index in [0.717, 1.165) is 38.4 Å². The first kappa shape index (κ1) is 21.0. The first-order valence-corrected chi connectivity index (χ1v) is 11.8. The van der Waals surface area contributed by atoms with Gasteiger partial charge in [-0.05, 0) is 71.8 Å². The average molecular weight is 510 g/mol. The molecule has 0 bridgehead atoms. The Labute approximate surface area is 198 Å². The van der Waals surface area contributed by atoms with Crippen molar-refractivity contribution in [1.82, 2.24) is 19.5 Å². The molecule has 2 aliphatic rings. The first-order chi connectivity index (χ1) is 15.9. The molecule has 6 rings (SSSR count). The number of rotatable bonds is 2. The molecule has 8 nitrogen and oxygen atoms in total. The molecule has 1 spiro atoms. The van der Waals surface area contributed by atoms with Gasteiger partial charge in [0.2, 0.25) is 0 Å². The second-order valence-corrected chi connectivity index (χ2v) is 10.0. The summed E-state index contributed by atoms with van der Waals surface area (Å²) in [7, 11) is 0. The van der Waals surface area contributed by atoms with Gasteiger partial charge < -0.3 is 25.3 Å². The maximum Gasteiger partial charge on any atom is 0.164 e. The summed E-state index contributed by atoms with van der Waals surface area (Å²) in [4.78, 5) is 13.1. The van der Waals surface area contributed by atoms with Crippen LogP contribution in [-0.2, 0) is 4.74 Å². The predicted octanol–water partition coefficient (Wildman–Crippen LogP) is 3.59. The molecular formula is C24H24BrN5O3. The molecule has 170 valence electrons. The fourth-order valence-electron chi connectivity index (χ4n) is 5.50. The van der Waals surface area contributed by atoms with Crippen molar-refractivity contribution in [3.63, 3.8) is 0 Å². The van der Waals surface area contributed by atoms with Crippen molar-refractivity contribution in [2.24, 2.45) is 0 Å². The molecule has 1 saturated carbocycles. The van der Waals surface area contributed by atoms with E-state index < -0.39 is 24.0 Å². The molecule has 4 aromatic rings. The maximum absolute atomic E-state index is 11.1. The van der Waals surface area contributed by atoms with Gasteiger partial charge in [-0.1, -0.05) is 12.1 Å². The van der Waals surface area contributed by atoms with Crippen molar-refractivity contribution in [2.75, 3.05) is 5.73 Å². The van der Waals surface area contributed by atoms with Crippen LogP contribution in [0, 0.1) is 6.92 Å². The molecule has 4 heterocycles. The number of fused-ring (bicyclic) bond motifs is 2. The molecule has 9 heteroatoms. The van der Waals surface area contributed by atoms with Crippen molar-refractivity contribution >= 4 is 43.7 Å². The maximum atomic E-state index is 11.1. The van der Waals surface area contributed by atoms with E-state index >= 15 is 0 Å². The van der Waals surface area contributed by atoms with Gasteiger partial charge in [0.05, 0.1) is 15.7 Å². The monoisotopic (exact) mass is 509 g/mol. The van der Waals surface area contributed by atoms with E-state index in [9.17, 15) is 10.2 Å². The third-order valence-electron chi connectivity index (χ3n) is 7.29. The number of nitrogens with zero attached hydrogens (tertiary/aromatic N) is 4. The van der Waals surface area contributed by atoms with Gasteiger partial charge in [0, 0.05) is 17.0 Å². The molecule has 3 aromatic heterocycles. The lowest BCUT2D eigenvalue weighted by Gasteiger charge is -2.27. The van der Waals surface area contributed by atoms with E-state index in [1.165, 1.54) is 6.33 Å². The Balaban J connectivity index is 1.30. The molecule has 1 aliphatic heterocycles. The number of aliphatic hydroxyl groups is 2. The van der Waals surface area contributed by atoms with Gasteiger partial charge in [0.15, 0.2) is 6.23 Å². The van der Waals surface area contributed by atoms with E-state index in [1.807, 2.05) is 31.3 Å². The predicted molar refractivity (Wildman–Crippen MR) is 128 cm³/mol. The minimum absolute atomic E-state index is 0.188. The zero-order valence-corrected chi connectivity index (χ0v) is 19.6. The summed E-state index contributed by atoms with van der Waals surface area (Å²) in [5, 5.41) is 24.0. The minimum Gasteiger partial charge on any atom is -0.387 e. The van der Waals surface area contributed by atoms with Crippen molar-refractivity contribution in [1.29, 1.82) is 0 Å². The van der Waals surface area contributed by atoms with E-state index in [4.69, 9.17) is 10.5 Å². The fraction of sp³-hybridized carbons (Fsp3) is 0.375. The number of aryl methyl sites for hydroxylation is 1. The molecule has 5 unspecified atom stereocenters. The number of nitrogen functional groups attached to an aromatic ring is 1. The Morgan fingerprint density at radius 3 is 2.91 bits per heavy atom. The van der Waals surface area contributed by atoms with Crippen LogP contribution in [-0.4, -0.2) is 47.5 Å². The number of pyridine rings is 1. The van der Waals surface area contributed by atoms with Crippen LogP contribution < -0.4 is 5.73 Å². The normalized spacial score (nSPS) is 29.6. The number of anilines is 1. The SMILES string of the molecule is Cc1ncnc2c1ccn2C1OC2(CCC(c3ccc4cc(Br)c(N)nc4c3)C2)C(O)C1O. The zero-order chi connectivity index (χ0) is 22.9. The van der Waals surface area contributed by atoms with Crippen LogP contribution in [0.25, 0.3) is 21.9 Å². The Kier molecular flexibility index (Phi) is 4.74. The van der Waals surface area contributed by atoms with Crippen LogP contribution in [0.2, 0.25) is 0 Å². The topological polar surface area (TPSA) is 119 Å². The summed E-state index contributed by atoms with van der Waals surface area (Å²) < 4.78 is 9.05. The fourth-order valence-corrected chi connectivity index (χ4v) is 5.83. The molecule has 4 N–H and O–H groups in total. The first-order valence-electron chi connectivity index (χ1n) is 11.0. The number of hydrogen-bond donors (Lipinski definition) is 3. The van der Waals surface area contributed by atoms with Gasteiger partial charge in [0.1, 0.15) is 35.6 Å². The van der Waals surface area contributed by atoms with Gasteiger partial charge in [-0.25, -0.2) is 15.0 Å². The highest BCUT2D eigenvalue weighted by molar-refractivity contribution is 9.10. The Bertz CT molecular complexity index is 1390. The lowest BCUT2D eigenvalue weighted by Crippen LogP contribution is -2.40. The summed E-state index contributed by atoms with van der Waals surface area (Å²) in [6.45, 7) is 1.92. The van der Waals surface area contributed by atoms with Crippen molar-refractivity contribution in [3.05, 3.63) is 58.6 Å². The van der Waals surface area contributed by atoms with Gasteiger partial charge in [-0.3, -0.25) is 0 Å². The van der Waals surface area contributed by atoms with Gasteiger partial charge in [-0.2, -0.15) is 0 Å². The summed E-state index contributed by atoms with van der Waals surface area (Å²) >= 11 is 3.43. The van der Waals surface area contributed by atoms with Crippen LogP contribution in [0.15, 0.2) is 47.3 Å². The summed E-state index contributed by atoms with van der Waals surface area (Å²) in [5.74, 6) is 0.647. The molecule has 1 aromatic carbocycles. The van der Waals surface area contributed by atoms with Gasteiger partial charge >= 0.3 is 0 Å². The molecule has 1 aliphatic carbocycles. The molecular weight excluding hydrogens is 486 g/mol. The van der Waals surface area contributed by atoms with E-state index in [-0.39, 0.29) is 5.92 Å². The van der Waals surface area contributed by atoms with E-state index in [1.54, 1.807) is 4.57 Å². The molecule has 0 radical (unpaired) electrons. The number of aromatic nitrogens is 4. The molecule has 1 saturated heterocycles. The highest BCUT2D eigenvalue weighted by atomic mass is 79.9. The van der Waals surface area contributed by atoms with Crippen LogP contribution in [0.5, 0.6) is 0 Å². The minimum atomic E-state index is -1.05. The van der Waals surface area contributed by atoms with Crippen molar-refractivity contribution in [2.45, 2.75) is 56.1 Å². The molecule has 33 heavy (non-hydrogen) atoms. The number of nitrogens with two attached hydrogens (primary N) is 1. The second-order valence-electron chi connectivity index (χ2n) is 9.18. The summed E-state index contributed by atoms with van der Waals surface area (Å²) in [6, 6.07) is 10.1. The van der Waals surface area contributed by atoms with Gasteiger partial charge in [-0.15, -0.1) is 0 Å². The average Bonchev–Trinajstić information content (AvgIpc) is 3.48. The molecule has 5 atom stereocenters. The highest BCUT2D eigenvalue weighted by Crippen LogP contribution is 2.52. The summed E-state index contributed by atoms with van der Waals surface area (Å²) in [6.07, 6.45) is 2.73. The quantitative estimate of drug-likeness (QED) is 0.377. The number of aliphatic hydroxyl groups excluding tert-OH is 2. The largest absolute Gasteiger partial charge is 0.387 e. The molecule has 2 fully saturated rings. The third-order valence-corrected chi connectivity index (χ3v) is 7.93. The second kappa shape index (κ2) is 7.46. The van der Waals surface area contributed by atoms with Crippen LogP contribution in [0.3, 0.4) is 0 Å². The third kappa shape index (κ3) is 3.18. The van der Waals surface area contributed by atoms with Crippen LogP contribution >= 0.6 is 15.9 Å². The number of benzene rings is 1. The zero-order valence-electron chi connectivity index (χ0n) is 18.0. The van der Waals surface area contributed by atoms with E-state index in [2.05, 4.69) is 43.0 Å². The Hall–Kier alpha value is -2.59. The van der Waals surface area contributed by atoms with Crippen molar-refractivity contribution < 1.29 is 14.9 Å². The lowest BCUT2D eigenvalue weighted by molar-refractivity contribution is -0.0987. The Morgan fingerprint density at radius 1 is 1.21 bits per heavy atom. The number of ether oxygens (including phenoxy) is 1. The standard InChI is InChI=1S/C24H24BrN5O3/c1-12-16-5-7-30(22(16)28-11-27-12)23-19(31)20(32)24(33-23)6-4-15(10-24)13-2-3-14-8-17(25)21(26)29-18(14)9-13/h2-3,5,7-9,11,15,19-20,23,31-32H,4,6,10H2,1H3,(H2,26,29). The summed E-state index contributed by atoms with van der Waals surface area (Å²) in [5.41, 5.74) is 8.69. The number of halogens is 1. The highest BCUT2D eigenvalue weighted by Gasteiger charge is 2.57. The Morgan fingerprint density at radius 2 is 2.06 bits per heavy atom. The van der Waals surface area contributed by atoms with Crippen LogP contribution in [0.4, 0.5) is 5.82 Å². The lowest BCUT2D eigenvalue weighted by atomic mass is 9.90.